The van der Waals surface area contributed by atoms with E-state index in [1.807, 2.05) is 26.8 Å². The predicted molar refractivity (Wildman–Crippen MR) is 105 cm³/mol. The molecular weight excluding hydrogens is 384 g/mol. The molecule has 0 radical (unpaired) electrons. The summed E-state index contributed by atoms with van der Waals surface area (Å²) >= 11 is 2.75. The summed E-state index contributed by atoms with van der Waals surface area (Å²) < 4.78 is 8.20. The first-order valence-corrected chi connectivity index (χ1v) is 9.90. The van der Waals surface area contributed by atoms with Crippen molar-refractivity contribution in [1.29, 1.82) is 5.26 Å². The third-order valence-corrected chi connectivity index (χ3v) is 6.00. The molecule has 3 aromatic rings. The van der Waals surface area contributed by atoms with Crippen LogP contribution in [0.4, 0.5) is 5.13 Å². The minimum atomic E-state index is -0.322. The molecule has 0 saturated heterocycles. The number of hydrogen-bond donors (Lipinski definition) is 1. The normalized spacial score (nSPS) is 10.8. The predicted octanol–water partition coefficient (Wildman–Crippen LogP) is 2.98. The molecule has 8 nitrogen and oxygen atoms in total. The molecule has 0 aromatic carbocycles. The van der Waals surface area contributed by atoms with Gasteiger partial charge in [-0.3, -0.25) is 10.1 Å². The molecule has 0 atom stereocenters. The first-order valence-electron chi connectivity index (χ1n) is 8.09. The van der Waals surface area contributed by atoms with Crippen molar-refractivity contribution in [1.82, 2.24) is 19.7 Å². The van der Waals surface area contributed by atoms with Crippen molar-refractivity contribution in [3.05, 3.63) is 23.0 Å². The van der Waals surface area contributed by atoms with Crippen LogP contribution in [0.15, 0.2) is 10.3 Å². The van der Waals surface area contributed by atoms with Crippen molar-refractivity contribution >= 4 is 45.2 Å². The molecule has 1 amide bonds. The monoisotopic (exact) mass is 402 g/mol. The van der Waals surface area contributed by atoms with Gasteiger partial charge in [-0.25, -0.2) is 14.6 Å². The van der Waals surface area contributed by atoms with Gasteiger partial charge in [0.05, 0.1) is 27.1 Å². The smallest absolute Gasteiger partial charge is 0.264 e. The Kier molecular flexibility index (Phi) is 5.62. The highest BCUT2D eigenvalue weighted by molar-refractivity contribution is 8.01. The number of aryl methyl sites for hydroxylation is 4. The van der Waals surface area contributed by atoms with Crippen LogP contribution in [-0.4, -0.2) is 38.0 Å². The largest absolute Gasteiger partial charge is 0.466 e. The Hall–Kier alpha value is -2.64. The summed E-state index contributed by atoms with van der Waals surface area (Å²) in [7, 11) is 1.79. The van der Waals surface area contributed by atoms with Crippen molar-refractivity contribution < 1.29 is 9.53 Å². The summed E-state index contributed by atoms with van der Waals surface area (Å²) in [6.45, 7) is 5.55. The van der Waals surface area contributed by atoms with Gasteiger partial charge in [-0.1, -0.05) is 23.1 Å². The number of rotatable bonds is 6. The molecule has 0 fully saturated rings. The van der Waals surface area contributed by atoms with E-state index < -0.39 is 0 Å². The van der Waals surface area contributed by atoms with E-state index >= 15 is 0 Å². The van der Waals surface area contributed by atoms with Crippen LogP contribution in [0.25, 0.3) is 11.0 Å². The van der Waals surface area contributed by atoms with Crippen LogP contribution in [0, 0.1) is 32.1 Å². The van der Waals surface area contributed by atoms with Gasteiger partial charge in [-0.15, -0.1) is 5.10 Å². The molecule has 3 rings (SSSR count). The topological polar surface area (TPSA) is 106 Å². The standard InChI is InChI=1S/C17H18N6O2S2/c1-9-7-10(2)19-14-13(9)15(22-23(14)4)25-8-12(24)21-17-20-11(3)16(27-17)26-6-5-18/h7H,6,8H2,1-4H3,(H,20,21,24). The number of thioether (sulfide) groups is 1. The quantitative estimate of drug-likeness (QED) is 0.632. The Bertz CT molecular complexity index is 1050. The van der Waals surface area contributed by atoms with Crippen molar-refractivity contribution in [2.75, 3.05) is 17.7 Å². The fraction of sp³-hybridized carbons (Fsp3) is 0.353. The summed E-state index contributed by atoms with van der Waals surface area (Å²) in [6.07, 6.45) is 0. The number of hydrogen-bond acceptors (Lipinski definition) is 8. The van der Waals surface area contributed by atoms with Gasteiger partial charge in [0.1, 0.15) is 0 Å². The van der Waals surface area contributed by atoms with Gasteiger partial charge >= 0.3 is 0 Å². The van der Waals surface area contributed by atoms with Crippen molar-refractivity contribution in [2.24, 2.45) is 7.05 Å². The lowest BCUT2D eigenvalue weighted by Gasteiger charge is -2.04. The van der Waals surface area contributed by atoms with Crippen molar-refractivity contribution in [3.8, 4) is 11.9 Å². The van der Waals surface area contributed by atoms with Gasteiger partial charge in [0.2, 0.25) is 5.88 Å². The third-order valence-electron chi connectivity index (χ3n) is 3.69. The average molecular weight is 403 g/mol. The molecule has 140 valence electrons. The molecule has 0 bridgehead atoms. The van der Waals surface area contributed by atoms with Crippen LogP contribution in [0.1, 0.15) is 17.0 Å². The van der Waals surface area contributed by atoms with Crippen molar-refractivity contribution in [2.45, 2.75) is 25.0 Å². The molecule has 3 heterocycles. The summed E-state index contributed by atoms with van der Waals surface area (Å²) in [5.41, 5.74) is 3.41. The maximum atomic E-state index is 12.2. The van der Waals surface area contributed by atoms with Crippen LogP contribution in [0.2, 0.25) is 0 Å². The van der Waals surface area contributed by atoms with E-state index in [0.717, 1.165) is 32.2 Å². The summed E-state index contributed by atoms with van der Waals surface area (Å²) in [5.74, 6) is 0.407. The van der Waals surface area contributed by atoms with Crippen molar-refractivity contribution in [3.63, 3.8) is 0 Å². The van der Waals surface area contributed by atoms with E-state index in [1.54, 1.807) is 11.7 Å². The first-order chi connectivity index (χ1) is 12.9. The zero-order chi connectivity index (χ0) is 19.6. The molecule has 0 aliphatic carbocycles. The number of nitrogens with one attached hydrogen (secondary N) is 1. The molecule has 0 saturated carbocycles. The number of ether oxygens (including phenoxy) is 1. The number of aromatic nitrogens is 4. The molecule has 10 heteroatoms. The highest BCUT2D eigenvalue weighted by atomic mass is 32.2. The minimum Gasteiger partial charge on any atom is -0.466 e. The lowest BCUT2D eigenvalue weighted by molar-refractivity contribution is -0.118. The Morgan fingerprint density at radius 1 is 1.41 bits per heavy atom. The highest BCUT2D eigenvalue weighted by Gasteiger charge is 2.16. The van der Waals surface area contributed by atoms with Crippen LogP contribution in [0.5, 0.6) is 5.88 Å². The molecule has 0 spiro atoms. The number of pyridine rings is 1. The fourth-order valence-corrected chi connectivity index (χ4v) is 4.42. The number of amides is 1. The summed E-state index contributed by atoms with van der Waals surface area (Å²) in [4.78, 5) is 21.0. The van der Waals surface area contributed by atoms with Crippen LogP contribution < -0.4 is 10.1 Å². The van der Waals surface area contributed by atoms with Gasteiger partial charge in [-0.05, 0) is 32.4 Å². The molecular formula is C17H18N6O2S2. The fourth-order valence-electron chi connectivity index (χ4n) is 2.61. The summed E-state index contributed by atoms with van der Waals surface area (Å²) in [5, 5.41) is 17.0. The second-order valence-corrected chi connectivity index (χ2v) is 8.13. The lowest BCUT2D eigenvalue weighted by atomic mass is 10.2. The zero-order valence-electron chi connectivity index (χ0n) is 15.4. The van der Waals surface area contributed by atoms with E-state index in [2.05, 4.69) is 26.5 Å². The molecule has 3 aromatic heterocycles. The third kappa shape index (κ3) is 4.20. The number of carbonyl (C=O) groups is 1. The summed E-state index contributed by atoms with van der Waals surface area (Å²) in [6, 6.07) is 4.03. The molecule has 0 unspecified atom stereocenters. The van der Waals surface area contributed by atoms with E-state index in [4.69, 9.17) is 10.00 Å². The maximum absolute atomic E-state index is 12.2. The Morgan fingerprint density at radius 3 is 2.93 bits per heavy atom. The van der Waals surface area contributed by atoms with Gasteiger partial charge in [0, 0.05) is 12.7 Å². The number of anilines is 1. The Balaban J connectivity index is 1.68. The maximum Gasteiger partial charge on any atom is 0.264 e. The lowest BCUT2D eigenvalue weighted by Crippen LogP contribution is -2.20. The average Bonchev–Trinajstić information content (AvgIpc) is 3.11. The Labute approximate surface area is 164 Å². The number of thiazole rings is 1. The molecule has 27 heavy (non-hydrogen) atoms. The van der Waals surface area contributed by atoms with E-state index in [-0.39, 0.29) is 12.5 Å². The Morgan fingerprint density at radius 2 is 2.19 bits per heavy atom. The van der Waals surface area contributed by atoms with Crippen LogP contribution in [0.3, 0.4) is 0 Å². The zero-order valence-corrected chi connectivity index (χ0v) is 17.0. The van der Waals surface area contributed by atoms with Gasteiger partial charge < -0.3 is 4.74 Å². The number of carbonyl (C=O) groups excluding carboxylic acids is 1. The molecule has 1 N–H and O–H groups in total. The van der Waals surface area contributed by atoms with Gasteiger partial charge in [-0.2, -0.15) is 5.26 Å². The second-order valence-electron chi connectivity index (χ2n) is 5.88. The number of nitriles is 1. The van der Waals surface area contributed by atoms with E-state index in [0.29, 0.717) is 16.8 Å². The minimum absolute atomic E-state index is 0.182. The molecule has 0 aliphatic heterocycles. The first kappa shape index (κ1) is 19.1. The highest BCUT2D eigenvalue weighted by Crippen LogP contribution is 2.32. The number of fused-ring (bicyclic) bond motifs is 1. The second kappa shape index (κ2) is 7.94. The number of nitrogens with zero attached hydrogens (tertiary/aromatic N) is 5. The molecule has 0 aliphatic rings. The van der Waals surface area contributed by atoms with E-state index in [1.165, 1.54) is 23.1 Å². The van der Waals surface area contributed by atoms with Gasteiger partial charge in [0.25, 0.3) is 5.91 Å². The van der Waals surface area contributed by atoms with Crippen LogP contribution >= 0.6 is 23.1 Å². The van der Waals surface area contributed by atoms with Gasteiger partial charge in [0.15, 0.2) is 17.4 Å². The van der Waals surface area contributed by atoms with Crippen LogP contribution in [-0.2, 0) is 11.8 Å². The van der Waals surface area contributed by atoms with E-state index in [9.17, 15) is 4.79 Å². The SMILES string of the molecule is Cc1cc(C)c2c(OCC(=O)Nc3nc(C)c(SCC#N)s3)nn(C)c2n1.